The third-order valence-electron chi connectivity index (χ3n) is 6.87. The molecule has 4 nitrogen and oxygen atoms in total. The summed E-state index contributed by atoms with van der Waals surface area (Å²) in [6.07, 6.45) is 8.58. The van der Waals surface area contributed by atoms with Gasteiger partial charge >= 0.3 is 0 Å². The number of hydrogen-bond acceptors (Lipinski definition) is 0. The molecule has 0 saturated carbocycles. The smallest absolute Gasteiger partial charge is 0.193 e. The molecule has 0 bridgehead atoms. The fourth-order valence-corrected chi connectivity index (χ4v) is 5.45. The Labute approximate surface area is 241 Å². The number of benzene rings is 3. The molecule has 0 spiro atoms. The molecule has 4 heterocycles. The van der Waals surface area contributed by atoms with Crippen molar-refractivity contribution in [2.75, 3.05) is 0 Å². The zero-order valence-corrected chi connectivity index (χ0v) is 23.1. The Hall–Kier alpha value is -3.28. The van der Waals surface area contributed by atoms with E-state index >= 15 is 0 Å². The van der Waals surface area contributed by atoms with E-state index in [1.54, 1.807) is 0 Å². The van der Waals surface area contributed by atoms with E-state index in [0.29, 0.717) is 0 Å². The molecule has 8 heteroatoms. The highest BCUT2D eigenvalue weighted by Gasteiger charge is 2.12. The van der Waals surface area contributed by atoms with Gasteiger partial charge in [-0.3, -0.25) is 0 Å². The highest BCUT2D eigenvalue weighted by atomic mass is 35.5. The number of aromatic amines is 2. The molecular formula is C30H22Cl4N4. The van der Waals surface area contributed by atoms with Crippen molar-refractivity contribution in [2.45, 2.75) is 13.1 Å². The van der Waals surface area contributed by atoms with E-state index in [0.717, 1.165) is 56.0 Å². The van der Waals surface area contributed by atoms with Crippen molar-refractivity contribution in [3.05, 3.63) is 119 Å². The van der Waals surface area contributed by atoms with Gasteiger partial charge in [0.1, 0.15) is 11.0 Å². The van der Waals surface area contributed by atoms with Crippen LogP contribution in [0.4, 0.5) is 0 Å². The van der Waals surface area contributed by atoms with Crippen LogP contribution in [0.2, 0.25) is 10.0 Å². The van der Waals surface area contributed by atoms with Gasteiger partial charge in [0.25, 0.3) is 0 Å². The van der Waals surface area contributed by atoms with Gasteiger partial charge in [0.05, 0.1) is 0 Å². The van der Waals surface area contributed by atoms with Gasteiger partial charge in [0.15, 0.2) is 37.9 Å². The van der Waals surface area contributed by atoms with E-state index in [1.807, 2.05) is 36.4 Å². The van der Waals surface area contributed by atoms with Crippen LogP contribution in [-0.4, -0.2) is 9.97 Å². The summed E-state index contributed by atoms with van der Waals surface area (Å²) in [5.74, 6) is 0. The number of hydrogen-bond donors (Lipinski definition) is 2. The quantitative estimate of drug-likeness (QED) is 0.292. The molecule has 0 fully saturated rings. The summed E-state index contributed by atoms with van der Waals surface area (Å²) in [5, 5.41) is 6.19. The first kappa shape index (κ1) is 26.3. The van der Waals surface area contributed by atoms with Crippen LogP contribution in [-0.2, 0) is 13.1 Å². The lowest BCUT2D eigenvalue weighted by Gasteiger charge is -2.02. The third-order valence-corrected chi connectivity index (χ3v) is 7.34. The Balaban J connectivity index is 0.00000147. The van der Waals surface area contributed by atoms with Crippen LogP contribution >= 0.6 is 23.2 Å². The second-order valence-electron chi connectivity index (χ2n) is 9.34. The highest BCUT2D eigenvalue weighted by Crippen LogP contribution is 2.28. The lowest BCUT2D eigenvalue weighted by molar-refractivity contribution is -0.687. The van der Waals surface area contributed by atoms with Crippen LogP contribution in [0.25, 0.3) is 43.6 Å². The molecule has 0 radical (unpaired) electrons. The number of pyridine rings is 2. The summed E-state index contributed by atoms with van der Waals surface area (Å²) in [4.78, 5) is 7.00. The lowest BCUT2D eigenvalue weighted by atomic mass is 10.1. The fraction of sp³-hybridized carbons (Fsp3) is 0.0667. The SMILES string of the molecule is Clc1ccc2[nH]c3c[n+](Cc4ccc(C[n+]5ccc6c(c5)[nH]c5ccc(Cl)cc56)cc4)ccc3c2c1.[Cl-].[Cl-]. The van der Waals surface area contributed by atoms with Crippen molar-refractivity contribution in [1.82, 2.24) is 9.97 Å². The molecule has 0 unspecified atom stereocenters. The van der Waals surface area contributed by atoms with Gasteiger partial charge in [0, 0.05) is 65.9 Å². The maximum atomic E-state index is 6.20. The van der Waals surface area contributed by atoms with Crippen molar-refractivity contribution < 1.29 is 33.9 Å². The zero-order chi connectivity index (χ0) is 24.2. The monoisotopic (exact) mass is 578 g/mol. The van der Waals surface area contributed by atoms with E-state index in [9.17, 15) is 0 Å². The minimum atomic E-state index is 0. The number of fused-ring (bicyclic) bond motifs is 6. The first-order chi connectivity index (χ1) is 17.6. The molecule has 3 aromatic carbocycles. The Morgan fingerprint density at radius 2 is 0.921 bits per heavy atom. The molecule has 0 aliphatic carbocycles. The Kier molecular flexibility index (Phi) is 7.26. The normalized spacial score (nSPS) is 11.2. The lowest BCUT2D eigenvalue weighted by Crippen LogP contribution is -3.00. The highest BCUT2D eigenvalue weighted by molar-refractivity contribution is 6.32. The van der Waals surface area contributed by atoms with Gasteiger partial charge in [0.2, 0.25) is 0 Å². The molecule has 190 valence electrons. The maximum Gasteiger partial charge on any atom is 0.193 e. The van der Waals surface area contributed by atoms with Gasteiger partial charge < -0.3 is 34.8 Å². The third kappa shape index (κ3) is 4.81. The molecule has 4 aromatic heterocycles. The summed E-state index contributed by atoms with van der Waals surface area (Å²) in [6, 6.07) is 25.1. The summed E-state index contributed by atoms with van der Waals surface area (Å²) < 4.78 is 4.42. The van der Waals surface area contributed by atoms with Crippen LogP contribution < -0.4 is 33.9 Å². The van der Waals surface area contributed by atoms with Gasteiger partial charge in [-0.15, -0.1) is 0 Å². The maximum absolute atomic E-state index is 6.20. The van der Waals surface area contributed by atoms with Crippen LogP contribution in [0.1, 0.15) is 11.1 Å². The van der Waals surface area contributed by atoms with Crippen LogP contribution in [0.15, 0.2) is 97.6 Å². The van der Waals surface area contributed by atoms with Crippen LogP contribution in [0, 0.1) is 0 Å². The van der Waals surface area contributed by atoms with E-state index in [1.165, 1.54) is 21.9 Å². The number of halogens is 4. The first-order valence-electron chi connectivity index (χ1n) is 11.9. The van der Waals surface area contributed by atoms with Crippen molar-refractivity contribution in [3.63, 3.8) is 0 Å². The summed E-state index contributed by atoms with van der Waals surface area (Å²) in [5.41, 5.74) is 6.94. The van der Waals surface area contributed by atoms with Crippen molar-refractivity contribution >= 4 is 66.8 Å². The predicted molar refractivity (Wildman–Crippen MR) is 147 cm³/mol. The summed E-state index contributed by atoms with van der Waals surface area (Å²) in [6.45, 7) is 1.62. The molecule has 0 aliphatic heterocycles. The molecule has 38 heavy (non-hydrogen) atoms. The van der Waals surface area contributed by atoms with Gasteiger partial charge in [-0.05, 0) is 36.4 Å². The van der Waals surface area contributed by atoms with E-state index in [4.69, 9.17) is 23.2 Å². The van der Waals surface area contributed by atoms with Gasteiger partial charge in [-0.2, -0.15) is 9.13 Å². The topological polar surface area (TPSA) is 39.3 Å². The fourth-order valence-electron chi connectivity index (χ4n) is 5.10. The summed E-state index contributed by atoms with van der Waals surface area (Å²) >= 11 is 12.4. The molecule has 7 rings (SSSR count). The molecule has 0 amide bonds. The second kappa shape index (κ2) is 10.5. The average molecular weight is 580 g/mol. The molecule has 2 N–H and O–H groups in total. The van der Waals surface area contributed by atoms with Crippen LogP contribution in [0.5, 0.6) is 0 Å². The van der Waals surface area contributed by atoms with Crippen molar-refractivity contribution in [2.24, 2.45) is 0 Å². The predicted octanol–water partition coefficient (Wildman–Crippen LogP) is 0.942. The molecule has 0 aliphatic rings. The first-order valence-corrected chi connectivity index (χ1v) is 12.6. The standard InChI is InChI=1S/C30H20Cl2N4.2ClH/c31-21-5-7-27-25(13-21)23-9-11-35(17-29(23)33-27)15-19-1-2-20(4-3-19)16-36-12-10-24-26-14-22(32)6-8-28(26)34-30(24)18-36;;/h1-14,17-18H,15-16H2;2*1H. The molecule has 0 atom stereocenters. The molecule has 0 saturated heterocycles. The Bertz CT molecular complexity index is 1780. The van der Waals surface area contributed by atoms with E-state index < -0.39 is 0 Å². The molecular weight excluding hydrogens is 558 g/mol. The minimum Gasteiger partial charge on any atom is -1.00 e. The largest absolute Gasteiger partial charge is 1.00 e. The Morgan fingerprint density at radius 3 is 1.34 bits per heavy atom. The van der Waals surface area contributed by atoms with Gasteiger partial charge in [-0.1, -0.05) is 47.5 Å². The second-order valence-corrected chi connectivity index (χ2v) is 10.2. The van der Waals surface area contributed by atoms with Gasteiger partial charge in [-0.25, -0.2) is 0 Å². The Morgan fingerprint density at radius 1 is 0.500 bits per heavy atom. The molecule has 7 aromatic rings. The average Bonchev–Trinajstić information content (AvgIpc) is 3.42. The number of aromatic nitrogens is 4. The van der Waals surface area contributed by atoms with Crippen LogP contribution in [0.3, 0.4) is 0 Å². The van der Waals surface area contributed by atoms with Crippen molar-refractivity contribution in [3.8, 4) is 0 Å². The van der Waals surface area contributed by atoms with E-state index in [2.05, 4.69) is 80.3 Å². The zero-order valence-electron chi connectivity index (χ0n) is 20.1. The summed E-state index contributed by atoms with van der Waals surface area (Å²) in [7, 11) is 0. The minimum absolute atomic E-state index is 0. The number of rotatable bonds is 4. The number of nitrogens with zero attached hydrogens (tertiary/aromatic N) is 2. The van der Waals surface area contributed by atoms with E-state index in [-0.39, 0.29) is 24.8 Å². The number of H-pyrrole nitrogens is 2. The van der Waals surface area contributed by atoms with Crippen molar-refractivity contribution in [1.29, 1.82) is 0 Å². The number of nitrogens with one attached hydrogen (secondary N) is 2.